The van der Waals surface area contributed by atoms with E-state index in [4.69, 9.17) is 11.6 Å². The molecule has 7 heteroatoms. The van der Waals surface area contributed by atoms with E-state index in [0.29, 0.717) is 21.0 Å². The van der Waals surface area contributed by atoms with Crippen molar-refractivity contribution in [1.29, 1.82) is 0 Å². The summed E-state index contributed by atoms with van der Waals surface area (Å²) in [5.74, 6) is -2.39. The molecule has 1 aliphatic heterocycles. The van der Waals surface area contributed by atoms with Gasteiger partial charge in [0.1, 0.15) is 0 Å². The maximum atomic E-state index is 12.6. The first-order valence-electron chi connectivity index (χ1n) is 7.93. The Labute approximate surface area is 155 Å². The minimum absolute atomic E-state index is 0.303. The van der Waals surface area contributed by atoms with Gasteiger partial charge < -0.3 is 0 Å². The lowest BCUT2D eigenvalue weighted by Crippen LogP contribution is -2.37. The molecular weight excluding hydrogens is 356 g/mol. The number of carbonyl (C=O) groups is 4. The number of carbonyl (C=O) groups excluding carboxylic acids is 4. The number of hydrogen-bond acceptors (Lipinski definition) is 4. The van der Waals surface area contributed by atoms with Crippen LogP contribution in [0.2, 0.25) is 5.02 Å². The van der Waals surface area contributed by atoms with Crippen LogP contribution >= 0.6 is 11.6 Å². The molecule has 3 rings (SSSR count). The van der Waals surface area contributed by atoms with E-state index in [0.717, 1.165) is 4.90 Å². The van der Waals surface area contributed by atoms with E-state index in [-0.39, 0.29) is 0 Å². The van der Waals surface area contributed by atoms with Crippen LogP contribution in [0.15, 0.2) is 54.6 Å². The number of halogens is 1. The van der Waals surface area contributed by atoms with Gasteiger partial charge in [-0.3, -0.25) is 14.4 Å². The number of hydrogen-bond donors (Lipinski definition) is 0. The van der Waals surface area contributed by atoms with Gasteiger partial charge in [-0.05, 0) is 36.8 Å². The Bertz CT molecular complexity index is 880. The highest BCUT2D eigenvalue weighted by Crippen LogP contribution is 2.26. The largest absolute Gasteiger partial charge is 0.335 e. The van der Waals surface area contributed by atoms with Gasteiger partial charge in [-0.25, -0.2) is 14.6 Å². The Kier molecular flexibility index (Phi) is 4.86. The van der Waals surface area contributed by atoms with Crippen LogP contribution in [0.3, 0.4) is 0 Å². The van der Waals surface area contributed by atoms with E-state index in [1.807, 2.05) is 6.07 Å². The average molecular weight is 371 g/mol. The van der Waals surface area contributed by atoms with Gasteiger partial charge in [-0.15, -0.1) is 0 Å². The summed E-state index contributed by atoms with van der Waals surface area (Å²) in [5, 5.41) is 0.466. The van der Waals surface area contributed by atoms with Gasteiger partial charge >= 0.3 is 17.8 Å². The summed E-state index contributed by atoms with van der Waals surface area (Å²) in [6.07, 6.45) is 0. The molecule has 26 heavy (non-hydrogen) atoms. The first-order chi connectivity index (χ1) is 12.4. The predicted octanol–water partition coefficient (Wildman–Crippen LogP) is 3.07. The Morgan fingerprint density at radius 1 is 0.962 bits per heavy atom. The number of amides is 4. The van der Waals surface area contributed by atoms with E-state index >= 15 is 0 Å². The van der Waals surface area contributed by atoms with Crippen LogP contribution in [0.1, 0.15) is 28.9 Å². The molecule has 0 radical (unpaired) electrons. The first-order valence-corrected chi connectivity index (χ1v) is 8.30. The van der Waals surface area contributed by atoms with Crippen LogP contribution in [0.4, 0.5) is 4.79 Å². The number of urea groups is 1. The first kappa shape index (κ1) is 17.8. The molecule has 1 unspecified atom stereocenters. The standard InChI is InChI=1S/C19H15ClN2O4/c1-12(13-5-3-2-4-6-13)22-18(25)17(24)21(19(22)26)11-16(23)14-7-9-15(20)10-8-14/h2-10,12H,11H2,1H3. The van der Waals surface area contributed by atoms with E-state index in [1.54, 1.807) is 31.2 Å². The second-order valence-electron chi connectivity index (χ2n) is 5.87. The van der Waals surface area contributed by atoms with Crippen molar-refractivity contribution in [3.05, 3.63) is 70.7 Å². The van der Waals surface area contributed by atoms with Crippen LogP contribution in [0.5, 0.6) is 0 Å². The lowest BCUT2D eigenvalue weighted by atomic mass is 10.1. The minimum Gasteiger partial charge on any atom is -0.292 e. The third kappa shape index (κ3) is 3.23. The zero-order valence-corrected chi connectivity index (χ0v) is 14.6. The molecule has 0 aliphatic carbocycles. The maximum absolute atomic E-state index is 12.6. The molecule has 1 saturated heterocycles. The fourth-order valence-corrected chi connectivity index (χ4v) is 2.88. The number of rotatable bonds is 5. The molecule has 0 saturated carbocycles. The summed E-state index contributed by atoms with van der Waals surface area (Å²) in [4.78, 5) is 51.0. The Morgan fingerprint density at radius 2 is 1.58 bits per heavy atom. The molecule has 1 fully saturated rings. The van der Waals surface area contributed by atoms with Gasteiger partial charge in [0, 0.05) is 10.6 Å². The third-order valence-electron chi connectivity index (χ3n) is 4.22. The Morgan fingerprint density at radius 3 is 2.19 bits per heavy atom. The molecule has 4 amide bonds. The smallest absolute Gasteiger partial charge is 0.292 e. The zero-order chi connectivity index (χ0) is 18.8. The second-order valence-corrected chi connectivity index (χ2v) is 6.30. The molecule has 2 aromatic rings. The van der Waals surface area contributed by atoms with Crippen LogP contribution in [0.25, 0.3) is 0 Å². The SMILES string of the molecule is CC(c1ccccc1)N1C(=O)C(=O)N(CC(=O)c2ccc(Cl)cc2)C1=O. The third-order valence-corrected chi connectivity index (χ3v) is 4.47. The quantitative estimate of drug-likeness (QED) is 0.460. The predicted molar refractivity (Wildman–Crippen MR) is 94.6 cm³/mol. The zero-order valence-electron chi connectivity index (χ0n) is 13.9. The number of ketones is 1. The van der Waals surface area contributed by atoms with Crippen LogP contribution < -0.4 is 0 Å². The lowest BCUT2D eigenvalue weighted by Gasteiger charge is -2.22. The van der Waals surface area contributed by atoms with E-state index in [9.17, 15) is 19.2 Å². The topological polar surface area (TPSA) is 74.8 Å². The molecule has 132 valence electrons. The summed E-state index contributed by atoms with van der Waals surface area (Å²) in [5.41, 5.74) is 1.02. The number of nitrogens with zero attached hydrogens (tertiary/aromatic N) is 2. The molecule has 0 bridgehead atoms. The van der Waals surface area contributed by atoms with Crippen LogP contribution in [-0.4, -0.2) is 40.0 Å². The fourth-order valence-electron chi connectivity index (χ4n) is 2.75. The fraction of sp³-hybridized carbons (Fsp3) is 0.158. The summed E-state index contributed by atoms with van der Waals surface area (Å²) in [6.45, 7) is 1.16. The van der Waals surface area contributed by atoms with Crippen molar-refractivity contribution in [3.8, 4) is 0 Å². The van der Waals surface area contributed by atoms with Crippen LogP contribution in [-0.2, 0) is 9.59 Å². The molecule has 1 atom stereocenters. The molecule has 1 heterocycles. The molecule has 0 N–H and O–H groups in total. The number of benzene rings is 2. The minimum atomic E-state index is -1.000. The van der Waals surface area contributed by atoms with Crippen molar-refractivity contribution in [1.82, 2.24) is 9.80 Å². The van der Waals surface area contributed by atoms with Crippen molar-refractivity contribution in [3.63, 3.8) is 0 Å². The van der Waals surface area contributed by atoms with E-state index in [1.165, 1.54) is 24.3 Å². The summed E-state index contributed by atoms with van der Waals surface area (Å²) in [6, 6.07) is 13.6. The normalized spacial score (nSPS) is 15.5. The molecule has 2 aromatic carbocycles. The maximum Gasteiger partial charge on any atom is 0.335 e. The van der Waals surface area contributed by atoms with Gasteiger partial charge in [0.05, 0.1) is 12.6 Å². The van der Waals surface area contributed by atoms with Crippen molar-refractivity contribution < 1.29 is 19.2 Å². The van der Waals surface area contributed by atoms with Crippen LogP contribution in [0, 0.1) is 0 Å². The Balaban J connectivity index is 1.80. The number of imide groups is 2. The van der Waals surface area contributed by atoms with Gasteiger partial charge in [0.15, 0.2) is 5.78 Å². The van der Waals surface area contributed by atoms with Crippen molar-refractivity contribution in [2.45, 2.75) is 13.0 Å². The lowest BCUT2D eigenvalue weighted by molar-refractivity contribution is -0.143. The molecule has 0 aromatic heterocycles. The highest BCUT2D eigenvalue weighted by atomic mass is 35.5. The summed E-state index contributed by atoms with van der Waals surface area (Å²) < 4.78 is 0. The molecular formula is C19H15ClN2O4. The molecule has 0 spiro atoms. The van der Waals surface area contributed by atoms with Gasteiger partial charge in [0.25, 0.3) is 0 Å². The summed E-state index contributed by atoms with van der Waals surface area (Å²) in [7, 11) is 0. The molecule has 1 aliphatic rings. The highest BCUT2D eigenvalue weighted by molar-refractivity contribution is 6.45. The van der Waals surface area contributed by atoms with Crippen molar-refractivity contribution >= 4 is 35.2 Å². The molecule has 6 nitrogen and oxygen atoms in total. The average Bonchev–Trinajstić information content (AvgIpc) is 2.86. The summed E-state index contributed by atoms with van der Waals surface area (Å²) >= 11 is 5.78. The van der Waals surface area contributed by atoms with Crippen molar-refractivity contribution in [2.24, 2.45) is 0 Å². The monoisotopic (exact) mass is 370 g/mol. The second kappa shape index (κ2) is 7.09. The van der Waals surface area contributed by atoms with Gasteiger partial charge in [0.2, 0.25) is 0 Å². The Hall–Kier alpha value is -2.99. The van der Waals surface area contributed by atoms with E-state index < -0.39 is 36.2 Å². The van der Waals surface area contributed by atoms with Crippen molar-refractivity contribution in [2.75, 3.05) is 6.54 Å². The van der Waals surface area contributed by atoms with Gasteiger partial charge in [-0.1, -0.05) is 41.9 Å². The van der Waals surface area contributed by atoms with E-state index in [2.05, 4.69) is 0 Å². The highest BCUT2D eigenvalue weighted by Gasteiger charge is 2.47. The van der Waals surface area contributed by atoms with Gasteiger partial charge in [-0.2, -0.15) is 0 Å². The number of Topliss-reactive ketones (excluding diaryl/α,β-unsaturated/α-hetero) is 1.